The number of aromatic nitrogens is 4. The highest BCUT2D eigenvalue weighted by Gasteiger charge is 2.22. The number of benzene rings is 11. The van der Waals surface area contributed by atoms with Crippen molar-refractivity contribution in [3.63, 3.8) is 0 Å². The maximum Gasteiger partial charge on any atom is 0.164 e. The van der Waals surface area contributed by atoms with E-state index >= 15 is 0 Å². The molecule has 0 amide bonds. The zero-order valence-corrected chi connectivity index (χ0v) is 35.5. The molecule has 14 rings (SSSR count). The zero-order valence-electron chi connectivity index (χ0n) is 35.5. The molecule has 0 saturated heterocycles. The Morgan fingerprint density at radius 1 is 0.303 bits per heavy atom. The fourth-order valence-corrected chi connectivity index (χ4v) is 10.4. The molecule has 0 aliphatic rings. The smallest absolute Gasteiger partial charge is 0.164 e. The molecule has 11 aromatic carbocycles. The summed E-state index contributed by atoms with van der Waals surface area (Å²) in [6.07, 6.45) is 0. The molecule has 5 heteroatoms. The monoisotopic (exact) mass is 840 g/mol. The van der Waals surface area contributed by atoms with Gasteiger partial charge in [0.25, 0.3) is 0 Å². The minimum absolute atomic E-state index is 0.594. The summed E-state index contributed by atoms with van der Waals surface area (Å²) < 4.78 is 9.31. The van der Waals surface area contributed by atoms with Crippen LogP contribution in [0.25, 0.3) is 138 Å². The van der Waals surface area contributed by atoms with E-state index in [2.05, 4.69) is 205 Å². The Bertz CT molecular complexity index is 4280. The molecule has 3 aromatic heterocycles. The van der Waals surface area contributed by atoms with Crippen molar-refractivity contribution in [2.75, 3.05) is 0 Å². The van der Waals surface area contributed by atoms with Gasteiger partial charge in [-0.1, -0.05) is 170 Å². The largest absolute Gasteiger partial charge is 0.456 e. The molecule has 0 spiro atoms. The predicted octanol–water partition coefficient (Wildman–Crippen LogP) is 16.1. The minimum atomic E-state index is 0.594. The van der Waals surface area contributed by atoms with E-state index in [0.717, 1.165) is 76.9 Å². The average molecular weight is 841 g/mol. The Labute approximate surface area is 378 Å². The summed E-state index contributed by atoms with van der Waals surface area (Å²) in [4.78, 5) is 15.6. The van der Waals surface area contributed by atoms with Gasteiger partial charge in [-0.3, -0.25) is 0 Å². The number of nitrogens with zero attached hydrogens (tertiary/aromatic N) is 4. The summed E-state index contributed by atoms with van der Waals surface area (Å²) >= 11 is 0. The highest BCUT2D eigenvalue weighted by molar-refractivity contribution is 6.26. The standard InChI is InChI=1S/C61H36N4O/c1-3-15-37(16-4-1)43-29-30-49(46-24-12-11-23-45(43)46)61-63-59(39-18-5-2-6-19-39)62-60(64-61)42-28-32-55-51(34-42)58-48-26-14-13-25-47(48)54(36-56(58)66-55)65-52-31-27-38-17-9-10-22-44(38)57(52)50-33-40-20-7-8-21-41(40)35-53(50)65/h1-36H. The van der Waals surface area contributed by atoms with Gasteiger partial charge in [0, 0.05) is 49.7 Å². The van der Waals surface area contributed by atoms with Crippen molar-refractivity contribution in [2.24, 2.45) is 0 Å². The Hall–Kier alpha value is -8.93. The lowest BCUT2D eigenvalue weighted by atomic mass is 9.94. The van der Waals surface area contributed by atoms with Gasteiger partial charge in [0.05, 0.1) is 16.7 Å². The second-order valence-electron chi connectivity index (χ2n) is 17.1. The van der Waals surface area contributed by atoms with E-state index in [1.54, 1.807) is 0 Å². The molecular weight excluding hydrogens is 805 g/mol. The Morgan fingerprint density at radius 3 is 1.67 bits per heavy atom. The fourth-order valence-electron chi connectivity index (χ4n) is 10.4. The first-order valence-corrected chi connectivity index (χ1v) is 22.3. The summed E-state index contributed by atoms with van der Waals surface area (Å²) in [5.41, 5.74) is 10.1. The van der Waals surface area contributed by atoms with Crippen molar-refractivity contribution in [2.45, 2.75) is 0 Å². The van der Waals surface area contributed by atoms with E-state index < -0.39 is 0 Å². The number of furan rings is 1. The van der Waals surface area contributed by atoms with Gasteiger partial charge in [0.2, 0.25) is 0 Å². The van der Waals surface area contributed by atoms with Gasteiger partial charge >= 0.3 is 0 Å². The van der Waals surface area contributed by atoms with Gasteiger partial charge in [-0.25, -0.2) is 15.0 Å². The Balaban J connectivity index is 0.990. The van der Waals surface area contributed by atoms with Crippen molar-refractivity contribution in [1.82, 2.24) is 19.5 Å². The van der Waals surface area contributed by atoms with Crippen LogP contribution in [0.15, 0.2) is 223 Å². The molecule has 0 saturated carbocycles. The number of rotatable bonds is 5. The van der Waals surface area contributed by atoms with Crippen molar-refractivity contribution in [3.8, 4) is 51.0 Å². The third-order valence-corrected chi connectivity index (χ3v) is 13.4. The van der Waals surface area contributed by atoms with Gasteiger partial charge in [-0.05, 0) is 91.3 Å². The van der Waals surface area contributed by atoms with E-state index in [4.69, 9.17) is 19.4 Å². The summed E-state index contributed by atoms with van der Waals surface area (Å²) in [5.74, 6) is 1.83. The molecule has 0 bridgehead atoms. The maximum absolute atomic E-state index is 6.87. The van der Waals surface area contributed by atoms with Crippen LogP contribution in [0.5, 0.6) is 0 Å². The summed E-state index contributed by atoms with van der Waals surface area (Å²) in [5, 5.41) is 13.9. The van der Waals surface area contributed by atoms with Gasteiger partial charge in [-0.2, -0.15) is 0 Å². The molecule has 14 aromatic rings. The molecule has 66 heavy (non-hydrogen) atoms. The van der Waals surface area contributed by atoms with Crippen LogP contribution in [0.4, 0.5) is 0 Å². The molecule has 0 unspecified atom stereocenters. The van der Waals surface area contributed by atoms with Crippen molar-refractivity contribution in [1.29, 1.82) is 0 Å². The summed E-state index contributed by atoms with van der Waals surface area (Å²) in [6, 6.07) is 77.4. The molecule has 0 N–H and O–H groups in total. The van der Waals surface area contributed by atoms with E-state index in [-0.39, 0.29) is 0 Å². The first kappa shape index (κ1) is 36.5. The van der Waals surface area contributed by atoms with E-state index in [1.165, 1.54) is 43.4 Å². The number of fused-ring (bicyclic) bond motifs is 12. The lowest BCUT2D eigenvalue weighted by molar-refractivity contribution is 0.669. The van der Waals surface area contributed by atoms with Crippen molar-refractivity contribution < 1.29 is 4.42 Å². The third kappa shape index (κ3) is 5.57. The van der Waals surface area contributed by atoms with Crippen LogP contribution < -0.4 is 0 Å². The topological polar surface area (TPSA) is 56.7 Å². The van der Waals surface area contributed by atoms with Gasteiger partial charge in [-0.15, -0.1) is 0 Å². The Kier molecular flexibility index (Phi) is 7.91. The zero-order chi connectivity index (χ0) is 43.3. The summed E-state index contributed by atoms with van der Waals surface area (Å²) in [6.45, 7) is 0. The third-order valence-electron chi connectivity index (χ3n) is 13.4. The second kappa shape index (κ2) is 14.3. The van der Waals surface area contributed by atoms with E-state index in [1.807, 2.05) is 18.2 Å². The molecule has 306 valence electrons. The summed E-state index contributed by atoms with van der Waals surface area (Å²) in [7, 11) is 0. The molecular formula is C61H36N4O. The van der Waals surface area contributed by atoms with Crippen molar-refractivity contribution >= 4 is 86.8 Å². The maximum atomic E-state index is 6.87. The van der Waals surface area contributed by atoms with Gasteiger partial charge in [0.15, 0.2) is 17.5 Å². The van der Waals surface area contributed by atoms with Crippen LogP contribution in [0.3, 0.4) is 0 Å². The quantitative estimate of drug-likeness (QED) is 0.173. The lowest BCUT2D eigenvalue weighted by Gasteiger charge is -2.13. The normalized spacial score (nSPS) is 11.9. The van der Waals surface area contributed by atoms with Crippen LogP contribution >= 0.6 is 0 Å². The van der Waals surface area contributed by atoms with Crippen LogP contribution in [0.1, 0.15) is 0 Å². The molecule has 0 aliphatic heterocycles. The average Bonchev–Trinajstić information content (AvgIpc) is 3.92. The van der Waals surface area contributed by atoms with Crippen LogP contribution in [-0.2, 0) is 0 Å². The van der Waals surface area contributed by atoms with Gasteiger partial charge in [0.1, 0.15) is 11.2 Å². The Morgan fingerprint density at radius 2 is 0.894 bits per heavy atom. The lowest BCUT2D eigenvalue weighted by Crippen LogP contribution is -2.00. The molecule has 0 aliphatic carbocycles. The van der Waals surface area contributed by atoms with Crippen molar-refractivity contribution in [3.05, 3.63) is 218 Å². The highest BCUT2D eigenvalue weighted by atomic mass is 16.3. The van der Waals surface area contributed by atoms with E-state index in [9.17, 15) is 0 Å². The number of hydrogen-bond acceptors (Lipinski definition) is 4. The van der Waals surface area contributed by atoms with Crippen LogP contribution in [0.2, 0.25) is 0 Å². The first-order valence-electron chi connectivity index (χ1n) is 22.3. The highest BCUT2D eigenvalue weighted by Crippen LogP contribution is 2.44. The minimum Gasteiger partial charge on any atom is -0.456 e. The molecule has 3 heterocycles. The molecule has 0 fully saturated rings. The first-order chi connectivity index (χ1) is 32.7. The predicted molar refractivity (Wildman–Crippen MR) is 273 cm³/mol. The SMILES string of the molecule is c1ccc(-c2nc(-c3ccc4oc5cc(-n6c7cc8ccccc8cc7c7c8ccccc8ccc76)c6ccccc6c5c4c3)nc(-c3ccc(-c4ccccc4)c4ccccc34)n2)cc1. The molecule has 0 radical (unpaired) electrons. The van der Waals surface area contributed by atoms with Crippen LogP contribution in [-0.4, -0.2) is 19.5 Å². The van der Waals surface area contributed by atoms with E-state index in [0.29, 0.717) is 17.5 Å². The molecule has 5 nitrogen and oxygen atoms in total. The second-order valence-corrected chi connectivity index (χ2v) is 17.1. The van der Waals surface area contributed by atoms with Crippen LogP contribution in [0, 0.1) is 0 Å². The fraction of sp³-hybridized carbons (Fsp3) is 0. The van der Waals surface area contributed by atoms with Gasteiger partial charge < -0.3 is 8.98 Å². The number of hydrogen-bond donors (Lipinski definition) is 0. The molecule has 0 atom stereocenters.